The Bertz CT molecular complexity index is 362. The number of amides is 1. The Labute approximate surface area is 108 Å². The predicted octanol–water partition coefficient (Wildman–Crippen LogP) is 2.11. The summed E-state index contributed by atoms with van der Waals surface area (Å²) >= 11 is 5.69. The van der Waals surface area contributed by atoms with E-state index >= 15 is 0 Å². The molecule has 1 N–H and O–H groups in total. The van der Waals surface area contributed by atoms with Gasteiger partial charge in [-0.3, -0.25) is 4.79 Å². The smallest absolute Gasteiger partial charge is 0.251 e. The zero-order chi connectivity index (χ0) is 12.8. The third kappa shape index (κ3) is 4.36. The van der Waals surface area contributed by atoms with Crippen LogP contribution >= 0.6 is 11.6 Å². The molecule has 17 heavy (non-hydrogen) atoms. The molecule has 3 nitrogen and oxygen atoms in total. The number of benzene rings is 1. The number of hydrogen-bond donors (Lipinski definition) is 1. The van der Waals surface area contributed by atoms with Crippen molar-refractivity contribution in [2.24, 2.45) is 0 Å². The Hall–Kier alpha value is -1.06. The van der Waals surface area contributed by atoms with E-state index in [1.165, 1.54) is 0 Å². The lowest BCUT2D eigenvalue weighted by atomic mass is 10.1. The normalized spacial score (nSPS) is 12.5. The summed E-state index contributed by atoms with van der Waals surface area (Å²) in [4.78, 5) is 13.9. The van der Waals surface area contributed by atoms with E-state index in [-0.39, 0.29) is 5.91 Å². The molecule has 4 heteroatoms. The summed E-state index contributed by atoms with van der Waals surface area (Å²) in [5.74, 6) is 0.430. The number of halogens is 1. The molecule has 0 fully saturated rings. The van der Waals surface area contributed by atoms with Gasteiger partial charge in [0, 0.05) is 24.0 Å². The van der Waals surface area contributed by atoms with Crippen LogP contribution in [0.25, 0.3) is 0 Å². The first-order valence-corrected chi connectivity index (χ1v) is 6.17. The van der Waals surface area contributed by atoms with Crippen LogP contribution in [0.5, 0.6) is 0 Å². The summed E-state index contributed by atoms with van der Waals surface area (Å²) in [7, 11) is 3.98. The van der Waals surface area contributed by atoms with Crippen LogP contribution in [0.2, 0.25) is 0 Å². The Morgan fingerprint density at radius 1 is 1.35 bits per heavy atom. The fourth-order valence-electron chi connectivity index (χ4n) is 1.27. The van der Waals surface area contributed by atoms with E-state index in [1.807, 2.05) is 26.2 Å². The lowest BCUT2D eigenvalue weighted by molar-refractivity contribution is 0.0943. The van der Waals surface area contributed by atoms with E-state index in [4.69, 9.17) is 11.6 Å². The van der Waals surface area contributed by atoms with Crippen molar-refractivity contribution in [2.75, 3.05) is 20.6 Å². The number of likely N-dealkylation sites (N-methyl/N-ethyl adjacent to an activating group) is 1. The zero-order valence-corrected chi connectivity index (χ0v) is 11.3. The third-order valence-corrected chi connectivity index (χ3v) is 3.12. The molecular weight excluding hydrogens is 236 g/mol. The largest absolute Gasteiger partial charge is 0.350 e. The van der Waals surface area contributed by atoms with E-state index in [9.17, 15) is 4.79 Å². The summed E-state index contributed by atoms with van der Waals surface area (Å²) in [5.41, 5.74) is 1.69. The standard InChI is InChI=1S/C13H19ClN2O/c1-10(16(2)3)9-15-13(17)12-6-4-11(8-14)5-7-12/h4-7,10H,8-9H2,1-3H3,(H,15,17). The van der Waals surface area contributed by atoms with E-state index < -0.39 is 0 Å². The molecule has 0 radical (unpaired) electrons. The highest BCUT2D eigenvalue weighted by molar-refractivity contribution is 6.17. The first-order chi connectivity index (χ1) is 8.04. The molecule has 0 aromatic heterocycles. The van der Waals surface area contributed by atoms with Gasteiger partial charge in [0.05, 0.1) is 0 Å². The molecule has 1 aromatic rings. The molecule has 1 amide bonds. The molecule has 0 spiro atoms. The molecule has 0 heterocycles. The van der Waals surface area contributed by atoms with E-state index in [1.54, 1.807) is 12.1 Å². The van der Waals surface area contributed by atoms with Crippen LogP contribution < -0.4 is 5.32 Å². The maximum absolute atomic E-state index is 11.8. The van der Waals surface area contributed by atoms with Crippen molar-refractivity contribution in [1.82, 2.24) is 10.2 Å². The highest BCUT2D eigenvalue weighted by Gasteiger charge is 2.08. The minimum Gasteiger partial charge on any atom is -0.350 e. The van der Waals surface area contributed by atoms with Gasteiger partial charge in [0.15, 0.2) is 0 Å². The molecule has 0 aliphatic carbocycles. The minimum atomic E-state index is -0.0418. The molecule has 0 saturated heterocycles. The van der Waals surface area contributed by atoms with Gasteiger partial charge >= 0.3 is 0 Å². The average Bonchev–Trinajstić information content (AvgIpc) is 2.35. The first-order valence-electron chi connectivity index (χ1n) is 5.64. The van der Waals surface area contributed by atoms with Crippen molar-refractivity contribution >= 4 is 17.5 Å². The number of carbonyl (C=O) groups excluding carboxylic acids is 1. The number of rotatable bonds is 5. The minimum absolute atomic E-state index is 0.0418. The van der Waals surface area contributed by atoms with Crippen molar-refractivity contribution in [3.8, 4) is 0 Å². The molecule has 1 unspecified atom stereocenters. The van der Waals surface area contributed by atoms with Gasteiger partial charge in [0.25, 0.3) is 5.91 Å². The van der Waals surface area contributed by atoms with Gasteiger partial charge in [0.2, 0.25) is 0 Å². The van der Waals surface area contributed by atoms with Crippen molar-refractivity contribution in [1.29, 1.82) is 0 Å². The second-order valence-corrected chi connectivity index (χ2v) is 4.62. The van der Waals surface area contributed by atoms with Crippen LogP contribution in [-0.4, -0.2) is 37.5 Å². The zero-order valence-electron chi connectivity index (χ0n) is 10.5. The number of hydrogen-bond acceptors (Lipinski definition) is 2. The maximum atomic E-state index is 11.8. The fourth-order valence-corrected chi connectivity index (χ4v) is 1.45. The maximum Gasteiger partial charge on any atom is 0.251 e. The van der Waals surface area contributed by atoms with Crippen molar-refractivity contribution < 1.29 is 4.79 Å². The Morgan fingerprint density at radius 2 is 1.94 bits per heavy atom. The summed E-state index contributed by atoms with van der Waals surface area (Å²) in [5, 5.41) is 2.90. The highest BCUT2D eigenvalue weighted by Crippen LogP contribution is 2.06. The summed E-state index contributed by atoms with van der Waals surface area (Å²) in [6.07, 6.45) is 0. The number of alkyl halides is 1. The van der Waals surface area contributed by atoms with Gasteiger partial charge in [-0.2, -0.15) is 0 Å². The van der Waals surface area contributed by atoms with Crippen LogP contribution in [0.4, 0.5) is 0 Å². The predicted molar refractivity (Wildman–Crippen MR) is 71.5 cm³/mol. The number of nitrogens with one attached hydrogen (secondary N) is 1. The van der Waals surface area contributed by atoms with Crippen LogP contribution in [0.15, 0.2) is 24.3 Å². The fraction of sp³-hybridized carbons (Fsp3) is 0.462. The molecule has 0 aliphatic rings. The second kappa shape index (κ2) is 6.62. The van der Waals surface area contributed by atoms with Gasteiger partial charge in [0.1, 0.15) is 0 Å². The lowest BCUT2D eigenvalue weighted by Gasteiger charge is -2.19. The molecular formula is C13H19ClN2O. The first kappa shape index (κ1) is 14.0. The van der Waals surface area contributed by atoms with E-state index in [0.717, 1.165) is 5.56 Å². The van der Waals surface area contributed by atoms with Crippen LogP contribution in [0.1, 0.15) is 22.8 Å². The van der Waals surface area contributed by atoms with Crippen LogP contribution in [0.3, 0.4) is 0 Å². The van der Waals surface area contributed by atoms with E-state index in [0.29, 0.717) is 24.0 Å². The van der Waals surface area contributed by atoms with Gasteiger partial charge in [-0.15, -0.1) is 11.6 Å². The molecule has 1 atom stereocenters. The van der Waals surface area contributed by atoms with Crippen molar-refractivity contribution in [2.45, 2.75) is 18.8 Å². The molecule has 1 aromatic carbocycles. The van der Waals surface area contributed by atoms with Gasteiger partial charge in [-0.1, -0.05) is 12.1 Å². The molecule has 0 bridgehead atoms. The number of nitrogens with zero attached hydrogens (tertiary/aromatic N) is 1. The summed E-state index contributed by atoms with van der Waals surface area (Å²) in [6, 6.07) is 7.66. The Balaban J connectivity index is 2.52. The van der Waals surface area contributed by atoms with Crippen molar-refractivity contribution in [3.63, 3.8) is 0 Å². The molecule has 0 saturated carbocycles. The van der Waals surface area contributed by atoms with Gasteiger partial charge in [-0.25, -0.2) is 0 Å². The van der Waals surface area contributed by atoms with Crippen molar-refractivity contribution in [3.05, 3.63) is 35.4 Å². The molecule has 0 aliphatic heterocycles. The van der Waals surface area contributed by atoms with Gasteiger partial charge < -0.3 is 10.2 Å². The molecule has 1 rings (SSSR count). The monoisotopic (exact) mass is 254 g/mol. The quantitative estimate of drug-likeness (QED) is 0.817. The van der Waals surface area contributed by atoms with Crippen LogP contribution in [-0.2, 0) is 5.88 Å². The topological polar surface area (TPSA) is 32.3 Å². The average molecular weight is 255 g/mol. The SMILES string of the molecule is CC(CNC(=O)c1ccc(CCl)cc1)N(C)C. The van der Waals surface area contributed by atoms with Crippen LogP contribution in [0, 0.1) is 0 Å². The Morgan fingerprint density at radius 3 is 2.41 bits per heavy atom. The lowest BCUT2D eigenvalue weighted by Crippen LogP contribution is -2.38. The third-order valence-electron chi connectivity index (χ3n) is 2.81. The summed E-state index contributed by atoms with van der Waals surface area (Å²) in [6.45, 7) is 2.71. The van der Waals surface area contributed by atoms with E-state index in [2.05, 4.69) is 17.1 Å². The second-order valence-electron chi connectivity index (χ2n) is 4.35. The number of carbonyl (C=O) groups is 1. The Kier molecular flexibility index (Phi) is 5.45. The molecule has 94 valence electrons. The summed E-state index contributed by atoms with van der Waals surface area (Å²) < 4.78 is 0. The highest BCUT2D eigenvalue weighted by atomic mass is 35.5. The van der Waals surface area contributed by atoms with Gasteiger partial charge in [-0.05, 0) is 38.7 Å².